The van der Waals surface area contributed by atoms with Crippen LogP contribution in [-0.4, -0.2) is 19.1 Å². The number of para-hydroxylation sites is 1. The Morgan fingerprint density at radius 2 is 1.84 bits per heavy atom. The standard InChI is InChI=1S/C16H27ClN2/c1-11(18)10-13-8-7-9-14(17)15(13)19(6)12(2)16(3,4)5/h7-9,11-12H,10,18H2,1-6H3. The summed E-state index contributed by atoms with van der Waals surface area (Å²) in [7, 11) is 2.11. The first-order valence-corrected chi connectivity index (χ1v) is 7.28. The molecule has 2 atom stereocenters. The summed E-state index contributed by atoms with van der Waals surface area (Å²) in [4.78, 5) is 2.28. The Labute approximate surface area is 122 Å². The fourth-order valence-electron chi connectivity index (χ4n) is 2.24. The fourth-order valence-corrected chi connectivity index (χ4v) is 2.57. The van der Waals surface area contributed by atoms with Gasteiger partial charge in [0.15, 0.2) is 0 Å². The van der Waals surface area contributed by atoms with Crippen molar-refractivity contribution in [2.45, 2.75) is 53.1 Å². The fraction of sp³-hybridized carbons (Fsp3) is 0.625. The van der Waals surface area contributed by atoms with E-state index in [1.165, 1.54) is 5.56 Å². The van der Waals surface area contributed by atoms with E-state index in [1.807, 2.05) is 19.1 Å². The normalized spacial score (nSPS) is 15.2. The molecular weight excluding hydrogens is 256 g/mol. The predicted octanol–water partition coefficient (Wildman–Crippen LogP) is 4.10. The van der Waals surface area contributed by atoms with Crippen LogP contribution in [0.5, 0.6) is 0 Å². The topological polar surface area (TPSA) is 29.3 Å². The number of nitrogens with two attached hydrogens (primary N) is 1. The van der Waals surface area contributed by atoms with Gasteiger partial charge in [0.2, 0.25) is 0 Å². The van der Waals surface area contributed by atoms with E-state index < -0.39 is 0 Å². The van der Waals surface area contributed by atoms with Gasteiger partial charge in [-0.1, -0.05) is 44.5 Å². The summed E-state index contributed by atoms with van der Waals surface area (Å²) >= 11 is 6.42. The molecular formula is C16H27ClN2. The van der Waals surface area contributed by atoms with E-state index in [9.17, 15) is 0 Å². The molecule has 0 aliphatic rings. The Hall–Kier alpha value is -0.730. The highest BCUT2D eigenvalue weighted by Crippen LogP contribution is 2.35. The summed E-state index contributed by atoms with van der Waals surface area (Å²) in [6.45, 7) is 11.0. The minimum atomic E-state index is 0.135. The predicted molar refractivity (Wildman–Crippen MR) is 86.1 cm³/mol. The molecule has 19 heavy (non-hydrogen) atoms. The molecule has 0 spiro atoms. The number of hydrogen-bond donors (Lipinski definition) is 1. The van der Waals surface area contributed by atoms with Crippen LogP contribution in [0.15, 0.2) is 18.2 Å². The van der Waals surface area contributed by atoms with E-state index in [0.29, 0.717) is 6.04 Å². The Bertz CT molecular complexity index is 421. The van der Waals surface area contributed by atoms with Crippen molar-refractivity contribution in [2.75, 3.05) is 11.9 Å². The smallest absolute Gasteiger partial charge is 0.0642 e. The van der Waals surface area contributed by atoms with E-state index in [0.717, 1.165) is 17.1 Å². The number of benzene rings is 1. The second-order valence-electron chi connectivity index (χ2n) is 6.58. The first kappa shape index (κ1) is 16.3. The molecule has 0 aliphatic carbocycles. The van der Waals surface area contributed by atoms with Crippen LogP contribution in [0, 0.1) is 5.41 Å². The molecule has 0 radical (unpaired) electrons. The van der Waals surface area contributed by atoms with Gasteiger partial charge in [-0.2, -0.15) is 0 Å². The molecule has 0 fully saturated rings. The molecule has 0 aromatic heterocycles. The summed E-state index contributed by atoms with van der Waals surface area (Å²) in [6, 6.07) is 6.60. The van der Waals surface area contributed by atoms with Gasteiger partial charge in [-0.3, -0.25) is 0 Å². The second kappa shape index (κ2) is 6.15. The van der Waals surface area contributed by atoms with Gasteiger partial charge in [0.1, 0.15) is 0 Å². The van der Waals surface area contributed by atoms with Crippen LogP contribution in [0.4, 0.5) is 5.69 Å². The molecule has 3 heteroatoms. The summed E-state index contributed by atoms with van der Waals surface area (Å²) in [5, 5.41) is 0.803. The minimum absolute atomic E-state index is 0.135. The summed E-state index contributed by atoms with van der Waals surface area (Å²) in [5.41, 5.74) is 8.48. The van der Waals surface area contributed by atoms with E-state index in [2.05, 4.69) is 45.7 Å². The maximum Gasteiger partial charge on any atom is 0.0642 e. The van der Waals surface area contributed by atoms with Crippen LogP contribution in [0.2, 0.25) is 5.02 Å². The zero-order valence-electron chi connectivity index (χ0n) is 13.0. The van der Waals surface area contributed by atoms with E-state index in [4.69, 9.17) is 17.3 Å². The summed E-state index contributed by atoms with van der Waals surface area (Å²) < 4.78 is 0. The monoisotopic (exact) mass is 282 g/mol. The van der Waals surface area contributed by atoms with Crippen LogP contribution in [0.25, 0.3) is 0 Å². The van der Waals surface area contributed by atoms with Gasteiger partial charge in [0, 0.05) is 19.1 Å². The molecule has 1 aromatic rings. The molecule has 2 unspecified atom stereocenters. The molecule has 1 rings (SSSR count). The summed E-state index contributed by atoms with van der Waals surface area (Å²) in [6.07, 6.45) is 0.844. The van der Waals surface area contributed by atoms with E-state index in [1.54, 1.807) is 0 Å². The number of anilines is 1. The van der Waals surface area contributed by atoms with Crippen molar-refractivity contribution in [3.8, 4) is 0 Å². The lowest BCUT2D eigenvalue weighted by atomic mass is 9.86. The molecule has 0 aliphatic heterocycles. The number of hydrogen-bond acceptors (Lipinski definition) is 2. The van der Waals surface area contributed by atoms with Crippen molar-refractivity contribution in [1.82, 2.24) is 0 Å². The van der Waals surface area contributed by atoms with E-state index >= 15 is 0 Å². The lowest BCUT2D eigenvalue weighted by Crippen LogP contribution is -2.40. The van der Waals surface area contributed by atoms with Crippen LogP contribution in [-0.2, 0) is 6.42 Å². The number of halogens is 1. The third kappa shape index (κ3) is 4.12. The van der Waals surface area contributed by atoms with Crippen molar-refractivity contribution < 1.29 is 0 Å². The Kier molecular flexibility index (Phi) is 5.28. The average Bonchev–Trinajstić information content (AvgIpc) is 2.25. The number of rotatable bonds is 4. The molecule has 108 valence electrons. The summed E-state index contributed by atoms with van der Waals surface area (Å²) in [5.74, 6) is 0. The molecule has 2 nitrogen and oxygen atoms in total. The van der Waals surface area contributed by atoms with Gasteiger partial charge in [-0.25, -0.2) is 0 Å². The minimum Gasteiger partial charge on any atom is -0.370 e. The number of nitrogens with zero attached hydrogens (tertiary/aromatic N) is 1. The first-order chi connectivity index (χ1) is 8.64. The molecule has 0 saturated heterocycles. The van der Waals surface area contributed by atoms with Gasteiger partial charge >= 0.3 is 0 Å². The maximum atomic E-state index is 6.42. The molecule has 0 saturated carbocycles. The first-order valence-electron chi connectivity index (χ1n) is 6.90. The van der Waals surface area contributed by atoms with Gasteiger partial charge < -0.3 is 10.6 Å². The molecule has 0 amide bonds. The van der Waals surface area contributed by atoms with Gasteiger partial charge in [-0.15, -0.1) is 0 Å². The zero-order valence-corrected chi connectivity index (χ0v) is 13.8. The highest BCUT2D eigenvalue weighted by molar-refractivity contribution is 6.33. The van der Waals surface area contributed by atoms with Crippen LogP contribution < -0.4 is 10.6 Å². The third-order valence-electron chi connectivity index (χ3n) is 3.80. The van der Waals surface area contributed by atoms with Gasteiger partial charge in [0.25, 0.3) is 0 Å². The van der Waals surface area contributed by atoms with Crippen molar-refractivity contribution >= 4 is 17.3 Å². The Balaban J connectivity index is 3.17. The van der Waals surface area contributed by atoms with Gasteiger partial charge in [-0.05, 0) is 37.3 Å². The van der Waals surface area contributed by atoms with Crippen molar-refractivity contribution in [1.29, 1.82) is 0 Å². The zero-order chi connectivity index (χ0) is 14.8. The Morgan fingerprint density at radius 1 is 1.26 bits per heavy atom. The Morgan fingerprint density at radius 3 is 2.32 bits per heavy atom. The quantitative estimate of drug-likeness (QED) is 0.901. The van der Waals surface area contributed by atoms with Crippen molar-refractivity contribution in [3.05, 3.63) is 28.8 Å². The highest BCUT2D eigenvalue weighted by Gasteiger charge is 2.26. The molecule has 2 N–H and O–H groups in total. The van der Waals surface area contributed by atoms with E-state index in [-0.39, 0.29) is 11.5 Å². The van der Waals surface area contributed by atoms with Crippen LogP contribution >= 0.6 is 11.6 Å². The van der Waals surface area contributed by atoms with Crippen molar-refractivity contribution in [2.24, 2.45) is 11.1 Å². The van der Waals surface area contributed by atoms with Crippen LogP contribution in [0.3, 0.4) is 0 Å². The van der Waals surface area contributed by atoms with Crippen molar-refractivity contribution in [3.63, 3.8) is 0 Å². The second-order valence-corrected chi connectivity index (χ2v) is 6.99. The SMILES string of the molecule is CC(N)Cc1cccc(Cl)c1N(C)C(C)C(C)(C)C. The highest BCUT2D eigenvalue weighted by atomic mass is 35.5. The molecule has 0 bridgehead atoms. The van der Waals surface area contributed by atoms with Gasteiger partial charge in [0.05, 0.1) is 10.7 Å². The van der Waals surface area contributed by atoms with Crippen LogP contribution in [0.1, 0.15) is 40.2 Å². The molecule has 1 aromatic carbocycles. The lowest BCUT2D eigenvalue weighted by molar-refractivity contribution is 0.329. The third-order valence-corrected chi connectivity index (χ3v) is 4.10. The largest absolute Gasteiger partial charge is 0.370 e. The maximum absolute atomic E-state index is 6.42. The molecule has 0 heterocycles. The lowest BCUT2D eigenvalue weighted by Gasteiger charge is -2.38. The average molecular weight is 283 g/mol.